The Bertz CT molecular complexity index is 426. The monoisotopic (exact) mass is 264 g/mol. The molecule has 1 aromatic rings. The zero-order valence-electron chi connectivity index (χ0n) is 7.09. The van der Waals surface area contributed by atoms with E-state index in [1.54, 1.807) is 0 Å². The Labute approximate surface area is 97.3 Å². The maximum atomic E-state index is 10.6. The third kappa shape index (κ3) is 3.98. The van der Waals surface area contributed by atoms with Crippen molar-refractivity contribution in [1.82, 2.24) is 10.2 Å². The number of aromatic amines is 1. The summed E-state index contributed by atoms with van der Waals surface area (Å²) >= 11 is 6.57. The Morgan fingerprint density at radius 2 is 2.27 bits per heavy atom. The van der Waals surface area contributed by atoms with Gasteiger partial charge in [0.05, 0.1) is 11.2 Å². The molecule has 0 aromatic carbocycles. The van der Waals surface area contributed by atoms with Crippen LogP contribution >= 0.6 is 35.3 Å². The van der Waals surface area contributed by atoms with Crippen molar-refractivity contribution in [1.29, 1.82) is 0 Å². The summed E-state index contributed by atoms with van der Waals surface area (Å²) in [6.07, 6.45) is -0.626. The zero-order chi connectivity index (χ0) is 11.4. The highest BCUT2D eigenvalue weighted by Gasteiger charge is 2.14. The molecule has 9 heteroatoms. The van der Waals surface area contributed by atoms with Gasteiger partial charge in [-0.25, -0.2) is 0 Å². The van der Waals surface area contributed by atoms with Crippen molar-refractivity contribution in [3.05, 3.63) is 3.95 Å². The first kappa shape index (κ1) is 12.1. The van der Waals surface area contributed by atoms with Gasteiger partial charge in [-0.1, -0.05) is 23.1 Å². The molecule has 0 unspecified atom stereocenters. The van der Waals surface area contributed by atoms with Gasteiger partial charge in [-0.2, -0.15) is 5.10 Å². The van der Waals surface area contributed by atoms with Gasteiger partial charge < -0.3 is 19.8 Å². The minimum Gasteiger partial charge on any atom is -0.550 e. The summed E-state index contributed by atoms with van der Waals surface area (Å²) < 4.78 is 0.749. The van der Waals surface area contributed by atoms with Gasteiger partial charge in [0, 0.05) is 12.4 Å². The van der Waals surface area contributed by atoms with Crippen molar-refractivity contribution < 1.29 is 19.8 Å². The molecule has 0 radical (unpaired) electrons. The van der Waals surface area contributed by atoms with Crippen LogP contribution in [0.15, 0.2) is 4.34 Å². The predicted octanol–water partition coefficient (Wildman–Crippen LogP) is -1.45. The van der Waals surface area contributed by atoms with Crippen molar-refractivity contribution in [2.75, 3.05) is 0 Å². The number of carboxylic acid groups (broad SMARTS) is 2. The number of nitrogens with zero attached hydrogens (tertiary/aromatic N) is 1. The first-order chi connectivity index (χ1) is 6.99. The lowest BCUT2D eigenvalue weighted by Crippen LogP contribution is -2.38. The minimum atomic E-state index is -1.47. The van der Waals surface area contributed by atoms with E-state index < -0.39 is 23.6 Å². The quantitative estimate of drug-likeness (QED) is 0.512. The van der Waals surface area contributed by atoms with Crippen LogP contribution in [0.5, 0.6) is 0 Å². The van der Waals surface area contributed by atoms with Gasteiger partial charge in [-0.3, -0.25) is 5.10 Å². The maximum absolute atomic E-state index is 10.6. The molecular formula is C6H4N2O4S3-2. The standard InChI is InChI=1S/C6H6N2O4S3/c9-3(10)1-2(4(11)12)14-6-8-7-5(13)15-6/h2H,1H2,(H,7,13)(H,9,10)(H,11,12)/p-2/t2-/m0/s1. The Morgan fingerprint density at radius 3 is 2.67 bits per heavy atom. The van der Waals surface area contributed by atoms with E-state index >= 15 is 0 Å². The van der Waals surface area contributed by atoms with E-state index in [1.807, 2.05) is 0 Å². The summed E-state index contributed by atoms with van der Waals surface area (Å²) in [6.45, 7) is 0. The van der Waals surface area contributed by atoms with Crippen molar-refractivity contribution >= 4 is 47.3 Å². The van der Waals surface area contributed by atoms with Gasteiger partial charge in [-0.15, -0.1) is 0 Å². The molecule has 0 amide bonds. The molecule has 1 aromatic heterocycles. The molecule has 15 heavy (non-hydrogen) atoms. The second kappa shape index (κ2) is 5.24. The molecular weight excluding hydrogens is 260 g/mol. The lowest BCUT2D eigenvalue weighted by atomic mass is 10.3. The van der Waals surface area contributed by atoms with Crippen molar-refractivity contribution in [3.8, 4) is 0 Å². The fourth-order valence-electron chi connectivity index (χ4n) is 0.713. The van der Waals surface area contributed by atoms with Crippen LogP contribution in [0, 0.1) is 3.95 Å². The number of carbonyl (C=O) groups is 2. The molecule has 1 rings (SSSR count). The molecule has 0 aliphatic carbocycles. The minimum absolute atomic E-state index is 0.357. The fourth-order valence-corrected chi connectivity index (χ4v) is 2.94. The molecule has 1 heterocycles. The highest BCUT2D eigenvalue weighted by molar-refractivity contribution is 8.02. The number of H-pyrrole nitrogens is 1. The van der Waals surface area contributed by atoms with Crippen LogP contribution in [0.4, 0.5) is 0 Å². The molecule has 0 saturated heterocycles. The Hall–Kier alpha value is -0.930. The number of aromatic nitrogens is 2. The normalized spacial score (nSPS) is 12.3. The fraction of sp³-hybridized carbons (Fsp3) is 0.333. The molecule has 1 N–H and O–H groups in total. The van der Waals surface area contributed by atoms with Crippen molar-refractivity contribution in [2.24, 2.45) is 0 Å². The number of nitrogens with one attached hydrogen (secondary N) is 1. The number of thioether (sulfide) groups is 1. The smallest absolute Gasteiger partial charge is 0.177 e. The van der Waals surface area contributed by atoms with Crippen LogP contribution in [-0.2, 0) is 9.59 Å². The second-order valence-electron chi connectivity index (χ2n) is 2.38. The zero-order valence-corrected chi connectivity index (χ0v) is 9.54. The Kier molecular flexibility index (Phi) is 4.24. The topological polar surface area (TPSA) is 109 Å². The van der Waals surface area contributed by atoms with E-state index in [1.165, 1.54) is 0 Å². The lowest BCUT2D eigenvalue weighted by Gasteiger charge is -2.15. The molecule has 82 valence electrons. The van der Waals surface area contributed by atoms with Crippen LogP contribution in [0.2, 0.25) is 0 Å². The molecule has 0 saturated carbocycles. The summed E-state index contributed by atoms with van der Waals surface area (Å²) in [5.74, 6) is -2.92. The first-order valence-corrected chi connectivity index (χ1v) is 5.72. The largest absolute Gasteiger partial charge is 0.550 e. The van der Waals surface area contributed by atoms with Crippen LogP contribution in [0.1, 0.15) is 6.42 Å². The van der Waals surface area contributed by atoms with Crippen LogP contribution in [0.3, 0.4) is 0 Å². The highest BCUT2D eigenvalue weighted by atomic mass is 32.2. The molecule has 6 nitrogen and oxygen atoms in total. The average Bonchev–Trinajstić information content (AvgIpc) is 2.49. The third-order valence-electron chi connectivity index (χ3n) is 1.28. The number of rotatable bonds is 5. The SMILES string of the molecule is O=C([O-])C[C@H](Sc1n[nH]c(=S)s1)C(=O)[O-]. The number of hydrogen-bond donors (Lipinski definition) is 1. The van der Waals surface area contributed by atoms with Gasteiger partial charge in [0.15, 0.2) is 8.29 Å². The van der Waals surface area contributed by atoms with Crippen LogP contribution < -0.4 is 10.2 Å². The molecule has 0 bridgehead atoms. The molecule has 1 atom stereocenters. The lowest BCUT2D eigenvalue weighted by molar-refractivity contribution is -0.314. The summed E-state index contributed by atoms with van der Waals surface area (Å²) in [5, 5.41) is 25.7. The molecule has 0 fully saturated rings. The third-order valence-corrected chi connectivity index (χ3v) is 3.64. The van der Waals surface area contributed by atoms with Crippen molar-refractivity contribution in [3.63, 3.8) is 0 Å². The Morgan fingerprint density at radius 1 is 1.60 bits per heavy atom. The van der Waals surface area contributed by atoms with Gasteiger partial charge >= 0.3 is 0 Å². The summed E-state index contributed by atoms with van der Waals surface area (Å²) in [5.41, 5.74) is 0. The van der Waals surface area contributed by atoms with E-state index in [0.717, 1.165) is 23.1 Å². The van der Waals surface area contributed by atoms with Crippen molar-refractivity contribution in [2.45, 2.75) is 16.0 Å². The number of carboxylic acids is 2. The van der Waals surface area contributed by atoms with E-state index in [2.05, 4.69) is 10.2 Å². The van der Waals surface area contributed by atoms with Crippen LogP contribution in [-0.4, -0.2) is 27.4 Å². The highest BCUT2D eigenvalue weighted by Crippen LogP contribution is 2.26. The van der Waals surface area contributed by atoms with Gasteiger partial charge in [0.2, 0.25) is 0 Å². The van der Waals surface area contributed by atoms with Gasteiger partial charge in [0.1, 0.15) is 0 Å². The maximum Gasteiger partial charge on any atom is 0.177 e. The summed E-state index contributed by atoms with van der Waals surface area (Å²) in [6, 6.07) is 0. The summed E-state index contributed by atoms with van der Waals surface area (Å²) in [7, 11) is 0. The van der Waals surface area contributed by atoms with Gasteiger partial charge in [0.25, 0.3) is 0 Å². The van der Waals surface area contributed by atoms with E-state index in [9.17, 15) is 19.8 Å². The average molecular weight is 264 g/mol. The molecule has 0 aliphatic heterocycles. The predicted molar refractivity (Wildman–Crippen MR) is 51.6 cm³/mol. The van der Waals surface area contributed by atoms with E-state index in [-0.39, 0.29) is 0 Å². The van der Waals surface area contributed by atoms with Crippen LogP contribution in [0.25, 0.3) is 0 Å². The summed E-state index contributed by atoms with van der Waals surface area (Å²) in [4.78, 5) is 20.8. The number of aliphatic carboxylic acids is 2. The second-order valence-corrected chi connectivity index (χ2v) is 5.50. The molecule has 0 spiro atoms. The van der Waals surface area contributed by atoms with E-state index in [4.69, 9.17) is 12.2 Å². The van der Waals surface area contributed by atoms with Gasteiger partial charge in [-0.05, 0) is 12.2 Å². The first-order valence-electron chi connectivity index (χ1n) is 3.62. The number of carbonyl (C=O) groups excluding carboxylic acids is 2. The van der Waals surface area contributed by atoms with E-state index in [0.29, 0.717) is 8.29 Å². The Balaban J connectivity index is 2.70. The number of hydrogen-bond acceptors (Lipinski definition) is 8. The molecule has 0 aliphatic rings.